The number of hydrogen-bond donors (Lipinski definition) is 0. The van der Waals surface area contributed by atoms with Crippen LogP contribution in [0.1, 0.15) is 25.0 Å². The van der Waals surface area contributed by atoms with Gasteiger partial charge in [-0.2, -0.15) is 0 Å². The monoisotopic (exact) mass is 639 g/mol. The molecule has 0 amide bonds. The third-order valence-electron chi connectivity index (χ3n) is 10.7. The molecule has 7 aromatic carbocycles. The van der Waals surface area contributed by atoms with Gasteiger partial charge >= 0.3 is 0 Å². The molecule has 9 aromatic rings. The van der Waals surface area contributed by atoms with E-state index in [2.05, 4.69) is 178 Å². The average molecular weight is 640 g/mol. The Hall–Kier alpha value is -6.25. The number of pyridine rings is 1. The smallest absolute Gasteiger partial charge is 0.143 e. The summed E-state index contributed by atoms with van der Waals surface area (Å²) in [5.41, 5.74) is 15.7. The fourth-order valence-electron chi connectivity index (χ4n) is 8.03. The molecule has 0 unspecified atom stereocenters. The van der Waals surface area contributed by atoms with Crippen molar-refractivity contribution in [3.8, 4) is 55.9 Å². The number of fused-ring (bicyclic) bond motifs is 8. The van der Waals surface area contributed by atoms with Crippen molar-refractivity contribution >= 4 is 32.7 Å². The Labute approximate surface area is 291 Å². The van der Waals surface area contributed by atoms with Gasteiger partial charge in [0, 0.05) is 32.9 Å². The van der Waals surface area contributed by atoms with Crippen LogP contribution in [-0.2, 0) is 5.41 Å². The van der Waals surface area contributed by atoms with E-state index in [9.17, 15) is 0 Å². The lowest BCUT2D eigenvalue weighted by Gasteiger charge is -2.21. The highest BCUT2D eigenvalue weighted by atomic mass is 16.3. The molecule has 1 aliphatic rings. The van der Waals surface area contributed by atoms with E-state index in [1.807, 2.05) is 0 Å². The first kappa shape index (κ1) is 28.7. The molecular weight excluding hydrogens is 607 g/mol. The lowest BCUT2D eigenvalue weighted by Crippen LogP contribution is -2.14. The number of hydrogen-bond acceptors (Lipinski definition) is 2. The van der Waals surface area contributed by atoms with Crippen molar-refractivity contribution < 1.29 is 4.42 Å². The molecule has 0 radical (unpaired) electrons. The summed E-state index contributed by atoms with van der Waals surface area (Å²) in [4.78, 5) is 5.27. The second-order valence-corrected chi connectivity index (χ2v) is 14.0. The molecule has 50 heavy (non-hydrogen) atoms. The van der Waals surface area contributed by atoms with Gasteiger partial charge in [0.15, 0.2) is 0 Å². The summed E-state index contributed by atoms with van der Waals surface area (Å²) >= 11 is 0. The van der Waals surface area contributed by atoms with Crippen LogP contribution in [0.4, 0.5) is 0 Å². The Kier molecular flexibility index (Phi) is 6.25. The standard InChI is InChI=1S/C48H33NO/c1-48(2)41-18-9-8-17-39(41)46-42(48)23-22-38-40-27-34(21-24-45(40)50-47(38)46)33-15-10-16-35(26-33)43-28-37(30-11-4-3-5-12-30)29-44(49-43)36-20-19-31-13-6-7-14-32(31)25-36/h3-29H,1-2H3. The van der Waals surface area contributed by atoms with Crippen LogP contribution in [0.2, 0.25) is 0 Å². The van der Waals surface area contributed by atoms with Gasteiger partial charge in [0.2, 0.25) is 0 Å². The van der Waals surface area contributed by atoms with Crippen LogP contribution in [0.15, 0.2) is 168 Å². The van der Waals surface area contributed by atoms with Gasteiger partial charge in [0.25, 0.3) is 0 Å². The van der Waals surface area contributed by atoms with Gasteiger partial charge in [-0.1, -0.05) is 141 Å². The molecule has 0 N–H and O–H groups in total. The van der Waals surface area contributed by atoms with E-state index < -0.39 is 0 Å². The summed E-state index contributed by atoms with van der Waals surface area (Å²) in [5.74, 6) is 0. The quantitative estimate of drug-likeness (QED) is 0.191. The normalized spacial score (nSPS) is 13.2. The van der Waals surface area contributed by atoms with E-state index in [-0.39, 0.29) is 5.41 Å². The topological polar surface area (TPSA) is 26.0 Å². The van der Waals surface area contributed by atoms with Crippen LogP contribution in [0.25, 0.3) is 88.6 Å². The van der Waals surface area contributed by atoms with Gasteiger partial charge in [0.05, 0.1) is 11.4 Å². The average Bonchev–Trinajstić information content (AvgIpc) is 3.66. The predicted molar refractivity (Wildman–Crippen MR) is 208 cm³/mol. The zero-order chi connectivity index (χ0) is 33.4. The molecule has 0 saturated carbocycles. The summed E-state index contributed by atoms with van der Waals surface area (Å²) in [6, 6.07) is 58.8. The molecule has 1 aliphatic carbocycles. The highest BCUT2D eigenvalue weighted by Gasteiger charge is 2.37. The molecule has 0 fully saturated rings. The number of benzene rings is 7. The van der Waals surface area contributed by atoms with Gasteiger partial charge in [0.1, 0.15) is 11.2 Å². The zero-order valence-electron chi connectivity index (χ0n) is 27.9. The first-order chi connectivity index (χ1) is 24.5. The lowest BCUT2D eigenvalue weighted by atomic mass is 9.82. The minimum absolute atomic E-state index is 0.0648. The van der Waals surface area contributed by atoms with Gasteiger partial charge < -0.3 is 4.42 Å². The predicted octanol–water partition coefficient (Wildman–Crippen LogP) is 13.1. The van der Waals surface area contributed by atoms with Crippen molar-refractivity contribution in [2.45, 2.75) is 19.3 Å². The fourth-order valence-corrected chi connectivity index (χ4v) is 8.03. The lowest BCUT2D eigenvalue weighted by molar-refractivity contribution is 0.653. The Morgan fingerprint density at radius 2 is 1.12 bits per heavy atom. The molecule has 2 heterocycles. The van der Waals surface area contributed by atoms with Gasteiger partial charge in [-0.15, -0.1) is 0 Å². The van der Waals surface area contributed by atoms with Crippen LogP contribution >= 0.6 is 0 Å². The molecule has 2 nitrogen and oxygen atoms in total. The number of nitrogens with zero attached hydrogens (tertiary/aromatic N) is 1. The molecule has 0 atom stereocenters. The summed E-state index contributed by atoms with van der Waals surface area (Å²) in [6.45, 7) is 4.62. The van der Waals surface area contributed by atoms with Crippen molar-refractivity contribution in [2.75, 3.05) is 0 Å². The Morgan fingerprint density at radius 3 is 1.98 bits per heavy atom. The van der Waals surface area contributed by atoms with Crippen LogP contribution in [-0.4, -0.2) is 4.98 Å². The molecule has 2 heteroatoms. The Bertz CT molecular complexity index is 2790. The molecule has 236 valence electrons. The SMILES string of the molecule is CC1(C)c2ccccc2-c2c1ccc1c2oc2ccc(-c3cccc(-c4cc(-c5ccccc5)cc(-c5ccc6ccccc6c5)n4)c3)cc21. The summed E-state index contributed by atoms with van der Waals surface area (Å²) in [6.07, 6.45) is 0. The second kappa shape index (κ2) is 10.9. The van der Waals surface area contributed by atoms with Crippen molar-refractivity contribution in [3.63, 3.8) is 0 Å². The first-order valence-corrected chi connectivity index (χ1v) is 17.3. The number of furan rings is 1. The molecule has 0 bridgehead atoms. The zero-order valence-corrected chi connectivity index (χ0v) is 27.9. The van der Waals surface area contributed by atoms with E-state index in [4.69, 9.17) is 9.40 Å². The maximum Gasteiger partial charge on any atom is 0.143 e. The summed E-state index contributed by atoms with van der Waals surface area (Å²) in [7, 11) is 0. The maximum absolute atomic E-state index is 6.66. The maximum atomic E-state index is 6.66. The minimum atomic E-state index is -0.0648. The third kappa shape index (κ3) is 4.45. The number of aromatic nitrogens is 1. The van der Waals surface area contributed by atoms with Gasteiger partial charge in [-0.05, 0) is 86.1 Å². The van der Waals surface area contributed by atoms with Gasteiger partial charge in [-0.25, -0.2) is 4.98 Å². The molecular formula is C48H33NO. The Morgan fingerprint density at radius 1 is 0.440 bits per heavy atom. The van der Waals surface area contributed by atoms with Crippen LogP contribution in [0.3, 0.4) is 0 Å². The first-order valence-electron chi connectivity index (χ1n) is 17.3. The van der Waals surface area contributed by atoms with E-state index in [1.54, 1.807) is 0 Å². The van der Waals surface area contributed by atoms with E-state index >= 15 is 0 Å². The molecule has 0 spiro atoms. The molecule has 0 saturated heterocycles. The van der Waals surface area contributed by atoms with Crippen LogP contribution in [0, 0.1) is 0 Å². The largest absolute Gasteiger partial charge is 0.455 e. The Balaban J connectivity index is 1.10. The third-order valence-corrected chi connectivity index (χ3v) is 10.7. The van der Waals surface area contributed by atoms with E-state index in [1.165, 1.54) is 38.6 Å². The molecule has 2 aromatic heterocycles. The molecule has 10 rings (SSSR count). The highest BCUT2D eigenvalue weighted by molar-refractivity contribution is 6.12. The van der Waals surface area contributed by atoms with Gasteiger partial charge in [-0.3, -0.25) is 0 Å². The fraction of sp³-hybridized carbons (Fsp3) is 0.0625. The number of rotatable bonds is 4. The highest BCUT2D eigenvalue weighted by Crippen LogP contribution is 2.52. The van der Waals surface area contributed by atoms with Crippen molar-refractivity contribution in [2.24, 2.45) is 0 Å². The summed E-state index contributed by atoms with van der Waals surface area (Å²) in [5, 5.41) is 4.72. The second-order valence-electron chi connectivity index (χ2n) is 14.0. The molecule has 0 aliphatic heterocycles. The van der Waals surface area contributed by atoms with Crippen LogP contribution in [0.5, 0.6) is 0 Å². The summed E-state index contributed by atoms with van der Waals surface area (Å²) < 4.78 is 6.66. The van der Waals surface area contributed by atoms with Crippen molar-refractivity contribution in [1.82, 2.24) is 4.98 Å². The van der Waals surface area contributed by atoms with Crippen molar-refractivity contribution in [3.05, 3.63) is 175 Å². The van der Waals surface area contributed by atoms with E-state index in [0.717, 1.165) is 61.1 Å². The minimum Gasteiger partial charge on any atom is -0.455 e. The van der Waals surface area contributed by atoms with Crippen LogP contribution < -0.4 is 0 Å². The van der Waals surface area contributed by atoms with E-state index in [0.29, 0.717) is 0 Å². The van der Waals surface area contributed by atoms with Crippen molar-refractivity contribution in [1.29, 1.82) is 0 Å².